The Balaban J connectivity index is 1.31. The molecule has 1 N–H and O–H groups in total. The van der Waals surface area contributed by atoms with Crippen LogP contribution in [0.4, 0.5) is 10.7 Å². The molecule has 0 bridgehead atoms. The number of thiophene rings is 1. The van der Waals surface area contributed by atoms with Crippen molar-refractivity contribution >= 4 is 65.4 Å². The van der Waals surface area contributed by atoms with Gasteiger partial charge in [0.2, 0.25) is 5.91 Å². The molecule has 6 rings (SSSR count). The van der Waals surface area contributed by atoms with E-state index in [9.17, 15) is 18.0 Å². The number of carbonyl (C=O) groups excluding carboxylic acids is 2. The van der Waals surface area contributed by atoms with Crippen LogP contribution in [0.25, 0.3) is 20.8 Å². The van der Waals surface area contributed by atoms with Crippen LogP contribution in [0.3, 0.4) is 0 Å². The summed E-state index contributed by atoms with van der Waals surface area (Å²) in [4.78, 5) is 33.3. The minimum atomic E-state index is -3.80. The minimum absolute atomic E-state index is 0.0177. The molecule has 2 aromatic heterocycles. The van der Waals surface area contributed by atoms with E-state index in [1.54, 1.807) is 47.4 Å². The highest BCUT2D eigenvalue weighted by molar-refractivity contribution is 7.92. The summed E-state index contributed by atoms with van der Waals surface area (Å²) in [7, 11) is -2.30. The number of benzene rings is 3. The van der Waals surface area contributed by atoms with Gasteiger partial charge in [0.1, 0.15) is 10.0 Å². The van der Waals surface area contributed by atoms with Crippen molar-refractivity contribution in [3.63, 3.8) is 0 Å². The molecule has 2 amide bonds. The molecule has 1 aliphatic rings. The number of nitrogens with one attached hydrogen (secondary N) is 1. The lowest BCUT2D eigenvalue weighted by Crippen LogP contribution is -2.33. The molecule has 41 heavy (non-hydrogen) atoms. The first-order valence-corrected chi connectivity index (χ1v) is 16.0. The third kappa shape index (κ3) is 5.12. The Bertz CT molecular complexity index is 1850. The number of fused-ring (bicyclic) bond motifs is 2. The second-order valence-corrected chi connectivity index (χ2v) is 13.8. The van der Waals surface area contributed by atoms with E-state index < -0.39 is 10.0 Å². The van der Waals surface area contributed by atoms with Gasteiger partial charge >= 0.3 is 0 Å². The Morgan fingerprint density at radius 2 is 1.66 bits per heavy atom. The quantitative estimate of drug-likeness (QED) is 0.257. The van der Waals surface area contributed by atoms with Crippen LogP contribution >= 0.6 is 22.7 Å². The Hall–Kier alpha value is -4.06. The molecule has 8 nitrogen and oxygen atoms in total. The largest absolute Gasteiger partial charge is 0.337 e. The predicted molar refractivity (Wildman–Crippen MR) is 164 cm³/mol. The van der Waals surface area contributed by atoms with E-state index in [0.29, 0.717) is 35.8 Å². The van der Waals surface area contributed by atoms with Gasteiger partial charge in [-0.1, -0.05) is 30.3 Å². The van der Waals surface area contributed by atoms with Crippen molar-refractivity contribution in [3.8, 4) is 10.6 Å². The molecule has 0 saturated carbocycles. The maximum Gasteiger partial charge on any atom is 0.264 e. The van der Waals surface area contributed by atoms with E-state index in [0.717, 1.165) is 31.2 Å². The maximum absolute atomic E-state index is 13.4. The van der Waals surface area contributed by atoms with Gasteiger partial charge < -0.3 is 10.2 Å². The van der Waals surface area contributed by atoms with Crippen molar-refractivity contribution in [2.75, 3.05) is 23.2 Å². The highest BCUT2D eigenvalue weighted by Gasteiger charge is 2.29. The lowest BCUT2D eigenvalue weighted by molar-refractivity contribution is -0.129. The van der Waals surface area contributed by atoms with E-state index in [1.165, 1.54) is 47.0 Å². The smallest absolute Gasteiger partial charge is 0.264 e. The summed E-state index contributed by atoms with van der Waals surface area (Å²) < 4.78 is 28.6. The average Bonchev–Trinajstić information content (AvgIpc) is 3.57. The van der Waals surface area contributed by atoms with Gasteiger partial charge in [-0.15, -0.1) is 22.7 Å². The molecule has 3 aromatic carbocycles. The highest BCUT2D eigenvalue weighted by atomic mass is 32.2. The van der Waals surface area contributed by atoms with E-state index in [2.05, 4.69) is 5.32 Å². The highest BCUT2D eigenvalue weighted by Crippen LogP contribution is 2.45. The summed E-state index contributed by atoms with van der Waals surface area (Å²) in [5, 5.41) is 4.55. The molecule has 5 aromatic rings. The number of aromatic nitrogens is 1. The first kappa shape index (κ1) is 27.1. The van der Waals surface area contributed by atoms with Gasteiger partial charge in [-0.05, 0) is 60.5 Å². The van der Waals surface area contributed by atoms with Crippen molar-refractivity contribution in [3.05, 3.63) is 94.9 Å². The zero-order valence-electron chi connectivity index (χ0n) is 22.3. The number of sulfonamides is 1. The van der Waals surface area contributed by atoms with Gasteiger partial charge in [-0.2, -0.15) is 0 Å². The number of nitrogens with zero attached hydrogens (tertiary/aromatic N) is 3. The first-order valence-electron chi connectivity index (χ1n) is 12.9. The number of carbonyl (C=O) groups is 2. The number of anilines is 2. The third-order valence-electron chi connectivity index (χ3n) is 7.13. The van der Waals surface area contributed by atoms with Crippen LogP contribution in [0.1, 0.15) is 27.7 Å². The fourth-order valence-electron chi connectivity index (χ4n) is 4.85. The summed E-state index contributed by atoms with van der Waals surface area (Å²) in [6, 6.07) is 22.7. The Morgan fingerprint density at radius 3 is 2.37 bits per heavy atom. The number of para-hydroxylation sites is 2. The van der Waals surface area contributed by atoms with Gasteiger partial charge in [0.15, 0.2) is 0 Å². The summed E-state index contributed by atoms with van der Waals surface area (Å²) >= 11 is 3.03. The molecule has 0 radical (unpaired) electrons. The molecule has 0 unspecified atom stereocenters. The number of thiazole rings is 1. The van der Waals surface area contributed by atoms with E-state index in [1.807, 2.05) is 30.3 Å². The molecule has 3 heterocycles. The Kier molecular flexibility index (Phi) is 7.10. The van der Waals surface area contributed by atoms with Crippen molar-refractivity contribution in [2.45, 2.75) is 24.8 Å². The molecular formula is C30H26N4O4S3. The van der Waals surface area contributed by atoms with Crippen LogP contribution in [-0.2, 0) is 27.8 Å². The van der Waals surface area contributed by atoms with Gasteiger partial charge in [-0.25, -0.2) is 13.4 Å². The number of hydrogen-bond acceptors (Lipinski definition) is 7. The second kappa shape index (κ2) is 10.7. The Labute approximate surface area is 245 Å². The topological polar surface area (TPSA) is 99.7 Å². The Morgan fingerprint density at radius 1 is 0.951 bits per heavy atom. The maximum atomic E-state index is 13.4. The van der Waals surface area contributed by atoms with Gasteiger partial charge in [0.05, 0.1) is 27.3 Å². The zero-order valence-corrected chi connectivity index (χ0v) is 24.8. The van der Waals surface area contributed by atoms with Gasteiger partial charge in [0.25, 0.3) is 15.9 Å². The summed E-state index contributed by atoms with van der Waals surface area (Å²) in [6.07, 6.45) is 0.675. The molecule has 208 valence electrons. The van der Waals surface area contributed by atoms with Crippen LogP contribution in [0.5, 0.6) is 0 Å². The normalized spacial score (nSPS) is 13.2. The second-order valence-electron chi connectivity index (χ2n) is 9.67. The van der Waals surface area contributed by atoms with Crippen molar-refractivity contribution in [2.24, 2.45) is 0 Å². The SMILES string of the molecule is CC(=O)N1CCc2c(sc(NC(=O)c3ccc(S(=O)(=O)N(C)c4ccccc4)cc3)c2-c2nc3ccccc3s2)C1. The van der Waals surface area contributed by atoms with Crippen molar-refractivity contribution in [1.29, 1.82) is 0 Å². The molecule has 0 saturated heterocycles. The molecule has 0 atom stereocenters. The fourth-order valence-corrected chi connectivity index (χ4v) is 8.42. The summed E-state index contributed by atoms with van der Waals surface area (Å²) in [5.41, 5.74) is 3.77. The van der Waals surface area contributed by atoms with Crippen LogP contribution in [-0.4, -0.2) is 43.7 Å². The number of rotatable bonds is 6. The average molecular weight is 603 g/mol. The molecule has 11 heteroatoms. The van der Waals surface area contributed by atoms with Crippen molar-refractivity contribution in [1.82, 2.24) is 9.88 Å². The molecule has 0 spiro atoms. The van der Waals surface area contributed by atoms with E-state index in [-0.39, 0.29) is 16.7 Å². The zero-order chi connectivity index (χ0) is 28.7. The minimum Gasteiger partial charge on any atom is -0.337 e. The van der Waals surface area contributed by atoms with Gasteiger partial charge in [0, 0.05) is 36.5 Å². The summed E-state index contributed by atoms with van der Waals surface area (Å²) in [5.74, 6) is -0.334. The molecule has 1 aliphatic heterocycles. The number of hydrogen-bond donors (Lipinski definition) is 1. The lowest BCUT2D eigenvalue weighted by Gasteiger charge is -2.26. The van der Waals surface area contributed by atoms with E-state index in [4.69, 9.17) is 4.98 Å². The molecular weight excluding hydrogens is 577 g/mol. The number of amides is 2. The predicted octanol–water partition coefficient (Wildman–Crippen LogP) is 6.01. The third-order valence-corrected chi connectivity index (χ3v) is 11.1. The molecule has 0 aliphatic carbocycles. The standard InChI is InChI=1S/C30H26N4O4S3/c1-19(35)34-17-16-23-26(18-34)40-30(27(23)29-31-24-10-6-7-11-25(24)39-29)32-28(36)20-12-14-22(15-13-20)41(37,38)33(2)21-8-4-3-5-9-21/h3-15H,16-18H2,1-2H3,(H,32,36). The summed E-state index contributed by atoms with van der Waals surface area (Å²) in [6.45, 7) is 2.67. The van der Waals surface area contributed by atoms with Gasteiger partial charge in [-0.3, -0.25) is 13.9 Å². The van der Waals surface area contributed by atoms with Crippen LogP contribution in [0.2, 0.25) is 0 Å². The first-order chi connectivity index (χ1) is 19.7. The fraction of sp³-hybridized carbons (Fsp3) is 0.167. The molecule has 0 fully saturated rings. The lowest BCUT2D eigenvalue weighted by atomic mass is 10.0. The van der Waals surface area contributed by atoms with E-state index >= 15 is 0 Å². The van der Waals surface area contributed by atoms with Crippen LogP contribution < -0.4 is 9.62 Å². The monoisotopic (exact) mass is 602 g/mol. The van der Waals surface area contributed by atoms with Crippen LogP contribution in [0, 0.1) is 0 Å². The van der Waals surface area contributed by atoms with Crippen LogP contribution in [0.15, 0.2) is 83.8 Å². The van der Waals surface area contributed by atoms with Crippen molar-refractivity contribution < 1.29 is 18.0 Å².